The number of hydrogen-bond acceptors (Lipinski definition) is 5. The van der Waals surface area contributed by atoms with Gasteiger partial charge in [0.1, 0.15) is 29.8 Å². The number of aromatic amines is 1. The van der Waals surface area contributed by atoms with E-state index >= 15 is 0 Å². The largest absolute Gasteiger partial charge is 0.489 e. The molecule has 8 heteroatoms. The van der Waals surface area contributed by atoms with E-state index in [4.69, 9.17) is 4.74 Å². The van der Waals surface area contributed by atoms with Crippen LogP contribution in [-0.4, -0.2) is 16.4 Å². The minimum Gasteiger partial charge on any atom is -0.489 e. The summed E-state index contributed by atoms with van der Waals surface area (Å²) in [6, 6.07) is 23.7. The number of alkyl halides is 1. The monoisotopic (exact) mass is 551 g/mol. The summed E-state index contributed by atoms with van der Waals surface area (Å²) < 4.78 is 19.6. The van der Waals surface area contributed by atoms with Gasteiger partial charge in [0.25, 0.3) is 0 Å². The maximum absolute atomic E-state index is 13.0. The molecule has 0 saturated carbocycles. The number of rotatable bonds is 8. The van der Waals surface area contributed by atoms with E-state index in [1.165, 1.54) is 17.7 Å². The van der Waals surface area contributed by atoms with E-state index in [2.05, 4.69) is 49.2 Å². The number of nitriles is 1. The molecule has 1 aromatic heterocycles. The Bertz CT molecular complexity index is 1290. The number of aromatic nitrogens is 2. The summed E-state index contributed by atoms with van der Waals surface area (Å²) >= 11 is 2.30. The molecular weight excluding hydrogens is 532 g/mol. The lowest BCUT2D eigenvalue weighted by molar-refractivity contribution is 0.306. The van der Waals surface area contributed by atoms with Crippen LogP contribution in [0, 0.1) is 17.1 Å². The lowest BCUT2D eigenvalue weighted by Gasteiger charge is -2.06. The maximum Gasteiger partial charge on any atom is 0.172 e. The minimum atomic E-state index is -0.271. The van der Waals surface area contributed by atoms with Gasteiger partial charge in [0.2, 0.25) is 0 Å². The Hall–Kier alpha value is -3.71. The number of hydrogen-bond donors (Lipinski definition) is 2. The molecule has 4 rings (SSSR count). The Morgan fingerprint density at radius 1 is 1.09 bits per heavy atom. The maximum atomic E-state index is 13.0. The van der Waals surface area contributed by atoms with E-state index in [1.807, 2.05) is 48.5 Å². The SMILES string of the molecule is N#Cc1c(Nc2cccc(CI)c2)n[nH]c1/N=C/c1ccc(OCc2ccc(F)cc2)cc1. The number of nitrogens with zero attached hydrogens (tertiary/aromatic N) is 3. The number of anilines is 2. The van der Waals surface area contributed by atoms with Crippen molar-refractivity contribution in [3.63, 3.8) is 0 Å². The van der Waals surface area contributed by atoms with Crippen LogP contribution in [0.25, 0.3) is 0 Å². The van der Waals surface area contributed by atoms with Crippen molar-refractivity contribution in [2.24, 2.45) is 4.99 Å². The highest BCUT2D eigenvalue weighted by Crippen LogP contribution is 2.26. The number of H-pyrrole nitrogens is 1. The van der Waals surface area contributed by atoms with Crippen molar-refractivity contribution in [1.82, 2.24) is 10.2 Å². The summed E-state index contributed by atoms with van der Waals surface area (Å²) in [6.07, 6.45) is 1.65. The zero-order valence-corrected chi connectivity index (χ0v) is 19.6. The second-order valence-electron chi connectivity index (χ2n) is 7.11. The van der Waals surface area contributed by atoms with Crippen LogP contribution in [0.2, 0.25) is 0 Å². The first-order valence-corrected chi connectivity index (χ1v) is 11.6. The van der Waals surface area contributed by atoms with Crippen molar-refractivity contribution in [2.45, 2.75) is 11.0 Å². The minimum absolute atomic E-state index is 0.271. The normalized spacial score (nSPS) is 10.8. The molecule has 0 aliphatic rings. The number of halogens is 2. The molecule has 0 atom stereocenters. The molecule has 0 radical (unpaired) electrons. The van der Waals surface area contributed by atoms with Crippen LogP contribution in [-0.2, 0) is 11.0 Å². The fourth-order valence-corrected chi connectivity index (χ4v) is 3.50. The van der Waals surface area contributed by atoms with E-state index in [0.717, 1.165) is 21.2 Å². The highest BCUT2D eigenvalue weighted by molar-refractivity contribution is 14.1. The first-order valence-electron chi connectivity index (χ1n) is 10.1. The van der Waals surface area contributed by atoms with Gasteiger partial charge in [-0.2, -0.15) is 10.4 Å². The van der Waals surface area contributed by atoms with Gasteiger partial charge in [-0.15, -0.1) is 0 Å². The van der Waals surface area contributed by atoms with Crippen LogP contribution >= 0.6 is 22.6 Å². The number of benzene rings is 3. The average molecular weight is 551 g/mol. The zero-order chi connectivity index (χ0) is 23.0. The molecule has 3 aromatic carbocycles. The molecule has 0 aliphatic heterocycles. The number of ether oxygens (including phenoxy) is 1. The average Bonchev–Trinajstić information content (AvgIpc) is 3.24. The predicted octanol–water partition coefficient (Wildman–Crippen LogP) is 6.43. The third-order valence-electron chi connectivity index (χ3n) is 4.74. The Labute approximate surface area is 204 Å². The van der Waals surface area contributed by atoms with Gasteiger partial charge in [-0.05, 0) is 65.2 Å². The van der Waals surface area contributed by atoms with Gasteiger partial charge in [-0.1, -0.05) is 46.9 Å². The van der Waals surface area contributed by atoms with Crippen molar-refractivity contribution in [3.8, 4) is 11.8 Å². The fourth-order valence-electron chi connectivity index (χ4n) is 3.03. The molecule has 0 saturated heterocycles. The van der Waals surface area contributed by atoms with Crippen molar-refractivity contribution >= 4 is 46.1 Å². The van der Waals surface area contributed by atoms with Gasteiger partial charge in [-0.3, -0.25) is 5.10 Å². The summed E-state index contributed by atoms with van der Waals surface area (Å²) in [5.41, 5.74) is 4.10. The van der Waals surface area contributed by atoms with E-state index < -0.39 is 0 Å². The van der Waals surface area contributed by atoms with E-state index in [-0.39, 0.29) is 5.82 Å². The second-order valence-corrected chi connectivity index (χ2v) is 7.87. The molecule has 0 aliphatic carbocycles. The van der Waals surface area contributed by atoms with E-state index in [9.17, 15) is 9.65 Å². The molecule has 0 amide bonds. The van der Waals surface area contributed by atoms with Crippen molar-refractivity contribution in [2.75, 3.05) is 5.32 Å². The summed E-state index contributed by atoms with van der Waals surface area (Å²) in [7, 11) is 0. The van der Waals surface area contributed by atoms with Gasteiger partial charge in [0.15, 0.2) is 11.6 Å². The topological polar surface area (TPSA) is 86.1 Å². The van der Waals surface area contributed by atoms with Crippen molar-refractivity contribution in [3.05, 3.63) is 101 Å². The second kappa shape index (κ2) is 10.7. The van der Waals surface area contributed by atoms with Crippen molar-refractivity contribution in [1.29, 1.82) is 5.26 Å². The third-order valence-corrected chi connectivity index (χ3v) is 5.63. The molecule has 164 valence electrons. The van der Waals surface area contributed by atoms with E-state index in [1.54, 1.807) is 18.3 Å². The molecule has 6 nitrogen and oxygen atoms in total. The Kier molecular flexibility index (Phi) is 7.32. The molecule has 2 N–H and O–H groups in total. The van der Waals surface area contributed by atoms with Crippen LogP contribution in [0.3, 0.4) is 0 Å². The van der Waals surface area contributed by atoms with Crippen LogP contribution in [0.4, 0.5) is 21.7 Å². The molecule has 0 unspecified atom stereocenters. The first-order chi connectivity index (χ1) is 16.1. The standard InChI is InChI=1S/C25H19FIN5O/c26-20-8-4-18(5-9-20)16-33-22-10-6-17(7-11-22)15-29-24-23(14-28)25(32-31-24)30-21-3-1-2-19(12-21)13-27/h1-12,15H,13,16H2,(H2,30,31,32)/b29-15+. The molecule has 0 fully saturated rings. The molecule has 33 heavy (non-hydrogen) atoms. The fraction of sp³-hybridized carbons (Fsp3) is 0.0800. The molecular formula is C25H19FIN5O. The quantitative estimate of drug-likeness (QED) is 0.150. The van der Waals surface area contributed by atoms with Gasteiger partial charge in [0, 0.05) is 16.3 Å². The van der Waals surface area contributed by atoms with Gasteiger partial charge in [-0.25, -0.2) is 9.38 Å². The van der Waals surface area contributed by atoms with Crippen LogP contribution in [0.1, 0.15) is 22.3 Å². The summed E-state index contributed by atoms with van der Waals surface area (Å²) in [6.45, 7) is 0.351. The van der Waals surface area contributed by atoms with Gasteiger partial charge < -0.3 is 10.1 Å². The third kappa shape index (κ3) is 5.96. The van der Waals surface area contributed by atoms with E-state index in [0.29, 0.717) is 29.6 Å². The Morgan fingerprint density at radius 3 is 2.61 bits per heavy atom. The van der Waals surface area contributed by atoms with Crippen LogP contribution < -0.4 is 10.1 Å². The van der Waals surface area contributed by atoms with Crippen molar-refractivity contribution < 1.29 is 9.13 Å². The molecule has 1 heterocycles. The highest BCUT2D eigenvalue weighted by Gasteiger charge is 2.12. The molecule has 0 bridgehead atoms. The summed E-state index contributed by atoms with van der Waals surface area (Å²) in [5.74, 6) is 1.23. The van der Waals surface area contributed by atoms with Crippen LogP contribution in [0.5, 0.6) is 5.75 Å². The lowest BCUT2D eigenvalue weighted by atomic mass is 10.2. The Balaban J connectivity index is 1.41. The number of nitrogens with one attached hydrogen (secondary N) is 2. The smallest absolute Gasteiger partial charge is 0.172 e. The van der Waals surface area contributed by atoms with Gasteiger partial charge in [0.05, 0.1) is 0 Å². The first kappa shape index (κ1) is 22.5. The zero-order valence-electron chi connectivity index (χ0n) is 17.4. The lowest BCUT2D eigenvalue weighted by Crippen LogP contribution is -1.95. The number of aliphatic imine (C=N–C) groups is 1. The van der Waals surface area contributed by atoms with Crippen LogP contribution in [0.15, 0.2) is 77.8 Å². The molecule has 0 spiro atoms. The van der Waals surface area contributed by atoms with Gasteiger partial charge >= 0.3 is 0 Å². The Morgan fingerprint density at radius 2 is 1.88 bits per heavy atom. The predicted molar refractivity (Wildman–Crippen MR) is 135 cm³/mol. The summed E-state index contributed by atoms with van der Waals surface area (Å²) in [5, 5.41) is 19.8. The highest BCUT2D eigenvalue weighted by atomic mass is 127. The molecule has 4 aromatic rings. The summed E-state index contributed by atoms with van der Waals surface area (Å²) in [4.78, 5) is 4.39.